The molecule has 0 aliphatic rings. The SMILES string of the molecule is CC/C=C(\C=C/c1ccccc1)[SH](=O)=O. The second-order valence-corrected chi connectivity index (χ2v) is 4.07. The lowest BCUT2D eigenvalue weighted by Crippen LogP contribution is -1.80. The molecule has 1 aromatic carbocycles. The quantitative estimate of drug-likeness (QED) is 0.627. The van der Waals surface area contributed by atoms with Gasteiger partial charge in [0.1, 0.15) is 0 Å². The first-order chi connectivity index (χ1) is 7.24. The van der Waals surface area contributed by atoms with E-state index in [9.17, 15) is 8.42 Å². The van der Waals surface area contributed by atoms with Gasteiger partial charge in [-0.25, -0.2) is 8.42 Å². The summed E-state index contributed by atoms with van der Waals surface area (Å²) in [5.74, 6) is 0. The third-order valence-corrected chi connectivity index (χ3v) is 2.62. The van der Waals surface area contributed by atoms with Crippen molar-refractivity contribution in [2.45, 2.75) is 13.3 Å². The van der Waals surface area contributed by atoms with E-state index in [-0.39, 0.29) is 0 Å². The Labute approximate surface area is 91.9 Å². The molecule has 2 nitrogen and oxygen atoms in total. The minimum Gasteiger partial charge on any atom is -0.227 e. The van der Waals surface area contributed by atoms with Crippen LogP contribution in [0.1, 0.15) is 18.9 Å². The van der Waals surface area contributed by atoms with Crippen molar-refractivity contribution in [2.24, 2.45) is 0 Å². The number of hydrogen-bond donors (Lipinski definition) is 1. The van der Waals surface area contributed by atoms with Gasteiger partial charge in [-0.1, -0.05) is 49.4 Å². The molecule has 0 unspecified atom stereocenters. The lowest BCUT2D eigenvalue weighted by molar-refractivity contribution is 0.620. The van der Waals surface area contributed by atoms with E-state index in [0.29, 0.717) is 4.91 Å². The summed E-state index contributed by atoms with van der Waals surface area (Å²) < 4.78 is 21.7. The number of hydrogen-bond acceptors (Lipinski definition) is 2. The van der Waals surface area contributed by atoms with Gasteiger partial charge in [0, 0.05) is 0 Å². The van der Waals surface area contributed by atoms with Crippen LogP contribution in [0, 0.1) is 0 Å². The Balaban J connectivity index is 2.84. The molecule has 0 atom stereocenters. The molecule has 0 N–H and O–H groups in total. The maximum absolute atomic E-state index is 10.8. The molecule has 0 fully saturated rings. The van der Waals surface area contributed by atoms with Gasteiger partial charge in [0.15, 0.2) is 10.7 Å². The van der Waals surface area contributed by atoms with Crippen molar-refractivity contribution in [3.8, 4) is 0 Å². The zero-order valence-corrected chi connectivity index (χ0v) is 9.48. The van der Waals surface area contributed by atoms with Gasteiger partial charge < -0.3 is 0 Å². The predicted molar refractivity (Wildman–Crippen MR) is 64.2 cm³/mol. The van der Waals surface area contributed by atoms with E-state index in [1.807, 2.05) is 37.3 Å². The molecular formula is C12H14O2S. The summed E-state index contributed by atoms with van der Waals surface area (Å²) in [6.45, 7) is 1.91. The maximum Gasteiger partial charge on any atom is 0.167 e. The molecule has 0 aliphatic carbocycles. The van der Waals surface area contributed by atoms with E-state index in [1.165, 1.54) is 0 Å². The van der Waals surface area contributed by atoms with E-state index in [0.717, 1.165) is 12.0 Å². The Morgan fingerprint density at radius 2 is 1.93 bits per heavy atom. The fourth-order valence-electron chi connectivity index (χ4n) is 1.16. The number of thiol groups is 1. The van der Waals surface area contributed by atoms with E-state index < -0.39 is 10.7 Å². The largest absolute Gasteiger partial charge is 0.227 e. The number of benzene rings is 1. The highest BCUT2D eigenvalue weighted by Crippen LogP contribution is 2.06. The maximum atomic E-state index is 10.8. The fraction of sp³-hybridized carbons (Fsp3) is 0.167. The Hall–Kier alpha value is -1.35. The second kappa shape index (κ2) is 6.19. The van der Waals surface area contributed by atoms with Crippen LogP contribution in [0.15, 0.2) is 47.4 Å². The van der Waals surface area contributed by atoms with Crippen LogP contribution in [-0.2, 0) is 10.7 Å². The summed E-state index contributed by atoms with van der Waals surface area (Å²) in [6, 6.07) is 9.62. The van der Waals surface area contributed by atoms with E-state index >= 15 is 0 Å². The van der Waals surface area contributed by atoms with Crippen LogP contribution in [0.25, 0.3) is 6.08 Å². The standard InChI is InChI=1S/C12H14O2S/c1-2-6-12(15(13)14)10-9-11-7-4-3-5-8-11/h3-10,15H,2H2,1H3/b10-9-,12-6+. The molecule has 0 heterocycles. The highest BCUT2D eigenvalue weighted by Gasteiger charge is 1.92. The topological polar surface area (TPSA) is 34.1 Å². The zero-order chi connectivity index (χ0) is 11.1. The van der Waals surface area contributed by atoms with Crippen molar-refractivity contribution in [3.05, 3.63) is 53.0 Å². The molecule has 0 radical (unpaired) electrons. The van der Waals surface area contributed by atoms with E-state index in [2.05, 4.69) is 0 Å². The van der Waals surface area contributed by atoms with Crippen molar-refractivity contribution >= 4 is 16.8 Å². The second-order valence-electron chi connectivity index (χ2n) is 3.04. The van der Waals surface area contributed by atoms with Gasteiger partial charge in [0.25, 0.3) is 0 Å². The Morgan fingerprint density at radius 1 is 1.27 bits per heavy atom. The summed E-state index contributed by atoms with van der Waals surface area (Å²) in [5, 5.41) is 0. The van der Waals surface area contributed by atoms with Gasteiger partial charge in [-0.3, -0.25) is 0 Å². The molecule has 0 spiro atoms. The van der Waals surface area contributed by atoms with Gasteiger partial charge in [-0.15, -0.1) is 0 Å². The predicted octanol–water partition coefficient (Wildman–Crippen LogP) is 2.61. The van der Waals surface area contributed by atoms with Crippen molar-refractivity contribution in [1.82, 2.24) is 0 Å². The Kier molecular flexibility index (Phi) is 4.84. The van der Waals surface area contributed by atoms with Crippen LogP contribution in [0.4, 0.5) is 0 Å². The third-order valence-electron chi connectivity index (χ3n) is 1.87. The van der Waals surface area contributed by atoms with Crippen LogP contribution >= 0.6 is 0 Å². The van der Waals surface area contributed by atoms with Crippen molar-refractivity contribution in [2.75, 3.05) is 0 Å². The van der Waals surface area contributed by atoms with E-state index in [1.54, 1.807) is 18.2 Å². The van der Waals surface area contributed by atoms with Crippen LogP contribution in [0.3, 0.4) is 0 Å². The van der Waals surface area contributed by atoms with Crippen molar-refractivity contribution in [3.63, 3.8) is 0 Å². The molecule has 0 saturated heterocycles. The molecule has 80 valence electrons. The molecule has 1 aromatic rings. The molecular weight excluding hydrogens is 208 g/mol. The Morgan fingerprint density at radius 3 is 2.47 bits per heavy atom. The summed E-state index contributed by atoms with van der Waals surface area (Å²) in [7, 11) is -2.49. The van der Waals surface area contributed by atoms with Crippen LogP contribution in [-0.4, -0.2) is 8.42 Å². The van der Waals surface area contributed by atoms with Gasteiger partial charge in [0.05, 0.1) is 4.91 Å². The number of allylic oxidation sites excluding steroid dienone is 2. The lowest BCUT2D eigenvalue weighted by atomic mass is 10.2. The summed E-state index contributed by atoms with van der Waals surface area (Å²) >= 11 is 0. The normalized spacial score (nSPS) is 12.5. The van der Waals surface area contributed by atoms with Crippen LogP contribution < -0.4 is 0 Å². The van der Waals surface area contributed by atoms with Gasteiger partial charge in [-0.05, 0) is 18.1 Å². The van der Waals surface area contributed by atoms with Crippen LogP contribution in [0.5, 0.6) is 0 Å². The molecule has 3 heteroatoms. The van der Waals surface area contributed by atoms with E-state index in [4.69, 9.17) is 0 Å². The highest BCUT2D eigenvalue weighted by molar-refractivity contribution is 7.77. The smallest absolute Gasteiger partial charge is 0.167 e. The molecule has 0 aliphatic heterocycles. The van der Waals surface area contributed by atoms with Gasteiger partial charge in [-0.2, -0.15) is 0 Å². The minimum atomic E-state index is -2.49. The fourth-order valence-corrected chi connectivity index (χ4v) is 1.69. The van der Waals surface area contributed by atoms with Gasteiger partial charge >= 0.3 is 0 Å². The molecule has 1 rings (SSSR count). The minimum absolute atomic E-state index is 0.372. The first kappa shape index (κ1) is 11.7. The molecule has 0 saturated carbocycles. The summed E-state index contributed by atoms with van der Waals surface area (Å²) in [6.07, 6.45) is 5.85. The summed E-state index contributed by atoms with van der Waals surface area (Å²) in [4.78, 5) is 0.372. The molecule has 0 aromatic heterocycles. The average Bonchev–Trinajstić information content (AvgIpc) is 2.25. The lowest BCUT2D eigenvalue weighted by Gasteiger charge is -1.92. The zero-order valence-electron chi connectivity index (χ0n) is 8.59. The Bertz CT molecular complexity index is 420. The third kappa shape index (κ3) is 4.13. The highest BCUT2D eigenvalue weighted by atomic mass is 32.2. The molecule has 0 amide bonds. The van der Waals surface area contributed by atoms with Crippen LogP contribution in [0.2, 0.25) is 0 Å². The van der Waals surface area contributed by atoms with Crippen molar-refractivity contribution in [1.29, 1.82) is 0 Å². The monoisotopic (exact) mass is 222 g/mol. The number of rotatable bonds is 4. The molecule has 15 heavy (non-hydrogen) atoms. The summed E-state index contributed by atoms with van der Waals surface area (Å²) in [5.41, 5.74) is 0.997. The first-order valence-electron chi connectivity index (χ1n) is 4.81. The first-order valence-corrected chi connectivity index (χ1v) is 5.99. The molecule has 0 bridgehead atoms. The van der Waals surface area contributed by atoms with Crippen molar-refractivity contribution < 1.29 is 8.42 Å². The van der Waals surface area contributed by atoms with Gasteiger partial charge in [0.2, 0.25) is 0 Å². The average molecular weight is 222 g/mol.